The van der Waals surface area contributed by atoms with Crippen LogP contribution in [0, 0.1) is 19.3 Å². The summed E-state index contributed by atoms with van der Waals surface area (Å²) in [7, 11) is 3.51. The van der Waals surface area contributed by atoms with Crippen molar-refractivity contribution in [2.24, 2.45) is 7.05 Å². The molecule has 1 aliphatic rings. The number of rotatable bonds is 3. The third-order valence-corrected chi connectivity index (χ3v) is 5.28. The Balaban J connectivity index is 1.79. The van der Waals surface area contributed by atoms with Crippen LogP contribution in [0.15, 0.2) is 42.2 Å². The number of ether oxygens (including phenoxy) is 1. The molecule has 0 atom stereocenters. The first-order valence-corrected chi connectivity index (χ1v) is 8.78. The zero-order valence-corrected chi connectivity index (χ0v) is 15.9. The molecule has 0 amide bonds. The van der Waals surface area contributed by atoms with Gasteiger partial charge >= 0.3 is 0 Å². The average Bonchev–Trinajstić information content (AvgIpc) is 3.13. The highest BCUT2D eigenvalue weighted by molar-refractivity contribution is 6.30. The van der Waals surface area contributed by atoms with Gasteiger partial charge in [-0.15, -0.1) is 0 Å². The summed E-state index contributed by atoms with van der Waals surface area (Å²) in [6.45, 7) is 4.35. The number of hydrogen-bond donors (Lipinski definition) is 2. The number of hydrogen-bond acceptors (Lipinski definition) is 4. The van der Waals surface area contributed by atoms with Crippen LogP contribution in [-0.2, 0) is 7.05 Å². The van der Waals surface area contributed by atoms with E-state index in [1.165, 1.54) is 0 Å². The van der Waals surface area contributed by atoms with Gasteiger partial charge in [0.15, 0.2) is 0 Å². The number of imidazole rings is 1. The number of fused-ring (bicyclic) bond motifs is 1. The van der Waals surface area contributed by atoms with Gasteiger partial charge in [-0.3, -0.25) is 5.41 Å². The van der Waals surface area contributed by atoms with Crippen LogP contribution >= 0.6 is 0 Å². The summed E-state index contributed by atoms with van der Waals surface area (Å²) in [5, 5.41) is 19.4. The molecule has 6 heteroatoms. The van der Waals surface area contributed by atoms with Crippen molar-refractivity contribution >= 4 is 28.1 Å². The van der Waals surface area contributed by atoms with Crippen molar-refractivity contribution in [2.45, 2.75) is 13.8 Å². The molecule has 0 bridgehead atoms. The molecule has 4 rings (SSSR count). The zero-order valence-electron chi connectivity index (χ0n) is 15.9. The van der Waals surface area contributed by atoms with E-state index in [0.29, 0.717) is 11.4 Å². The number of methoxy groups -OCH3 is 1. The van der Waals surface area contributed by atoms with Crippen molar-refractivity contribution in [1.29, 1.82) is 5.41 Å². The fourth-order valence-corrected chi connectivity index (χ4v) is 3.58. The first kappa shape index (κ1) is 17.1. The average molecular weight is 362 g/mol. The van der Waals surface area contributed by atoms with Crippen LogP contribution in [0.5, 0.6) is 5.75 Å². The van der Waals surface area contributed by atoms with Crippen molar-refractivity contribution in [2.75, 3.05) is 18.6 Å². The molecule has 6 nitrogen and oxygen atoms in total. The van der Waals surface area contributed by atoms with Gasteiger partial charge in [0.1, 0.15) is 23.2 Å². The van der Waals surface area contributed by atoms with E-state index in [2.05, 4.69) is 4.98 Å². The van der Waals surface area contributed by atoms with Crippen LogP contribution in [-0.4, -0.2) is 34.1 Å². The minimum atomic E-state index is 0.159. The Hall–Kier alpha value is -3.28. The maximum Gasteiger partial charge on any atom is 0.148 e. The number of anilines is 1. The van der Waals surface area contributed by atoms with Crippen molar-refractivity contribution in [1.82, 2.24) is 9.55 Å². The van der Waals surface area contributed by atoms with Gasteiger partial charge in [0.25, 0.3) is 0 Å². The molecule has 2 heterocycles. The fraction of sp³-hybridized carbons (Fsp3) is 0.238. The minimum absolute atomic E-state index is 0.159. The first-order chi connectivity index (χ1) is 12.9. The van der Waals surface area contributed by atoms with Crippen LogP contribution in [0.2, 0.25) is 0 Å². The van der Waals surface area contributed by atoms with E-state index in [4.69, 9.17) is 10.1 Å². The lowest BCUT2D eigenvalue weighted by atomic mass is 10.1. The number of aliphatic hydroxyl groups is 1. The second kappa shape index (κ2) is 6.16. The van der Waals surface area contributed by atoms with E-state index in [9.17, 15) is 5.11 Å². The molecule has 0 fully saturated rings. The summed E-state index contributed by atoms with van der Waals surface area (Å²) in [6.07, 6.45) is 0. The number of aryl methyl sites for hydroxylation is 2. The number of nitrogens with zero attached hydrogens (tertiary/aromatic N) is 3. The second-order valence-corrected chi connectivity index (χ2v) is 6.82. The molecule has 0 unspecified atom stereocenters. The molecule has 1 aromatic heterocycles. The Labute approximate surface area is 157 Å². The highest BCUT2D eigenvalue weighted by Gasteiger charge is 2.33. The first-order valence-electron chi connectivity index (χ1n) is 8.78. The molecule has 2 N–H and O–H groups in total. The number of benzene rings is 2. The topological polar surface area (TPSA) is 74.4 Å². The summed E-state index contributed by atoms with van der Waals surface area (Å²) >= 11 is 0. The Morgan fingerprint density at radius 1 is 1.19 bits per heavy atom. The summed E-state index contributed by atoms with van der Waals surface area (Å²) in [5.74, 6) is 1.72. The lowest BCUT2D eigenvalue weighted by molar-refractivity contribution is 0.411. The molecule has 27 heavy (non-hydrogen) atoms. The van der Waals surface area contributed by atoms with E-state index < -0.39 is 0 Å². The maximum atomic E-state index is 10.7. The lowest BCUT2D eigenvalue weighted by Crippen LogP contribution is -2.27. The molecule has 0 spiro atoms. The molecule has 0 saturated heterocycles. The third kappa shape index (κ3) is 2.56. The molecular formula is C21H22N4O2. The van der Waals surface area contributed by atoms with Gasteiger partial charge in [-0.2, -0.15) is 0 Å². The molecule has 3 aromatic rings. The Morgan fingerprint density at radius 2 is 1.96 bits per heavy atom. The van der Waals surface area contributed by atoms with Gasteiger partial charge in [-0.05, 0) is 43.2 Å². The van der Waals surface area contributed by atoms with Crippen LogP contribution in [0.1, 0.15) is 17.0 Å². The van der Waals surface area contributed by atoms with Gasteiger partial charge in [0, 0.05) is 18.8 Å². The number of aliphatic hydroxyl groups excluding tert-OH is 1. The van der Waals surface area contributed by atoms with Crippen molar-refractivity contribution < 1.29 is 9.84 Å². The quantitative estimate of drug-likeness (QED) is 0.739. The van der Waals surface area contributed by atoms with Gasteiger partial charge in [0.05, 0.1) is 30.3 Å². The van der Waals surface area contributed by atoms with E-state index in [0.717, 1.165) is 33.6 Å². The van der Waals surface area contributed by atoms with E-state index in [1.54, 1.807) is 7.11 Å². The van der Waals surface area contributed by atoms with Gasteiger partial charge in [-0.1, -0.05) is 12.1 Å². The summed E-state index contributed by atoms with van der Waals surface area (Å²) in [5.41, 5.74) is 5.35. The van der Waals surface area contributed by atoms with Gasteiger partial charge in [0.2, 0.25) is 0 Å². The predicted molar refractivity (Wildman–Crippen MR) is 108 cm³/mol. The summed E-state index contributed by atoms with van der Waals surface area (Å²) in [4.78, 5) is 6.50. The Kier molecular flexibility index (Phi) is 3.91. The fourth-order valence-electron chi connectivity index (χ4n) is 3.58. The SMILES string of the molecule is COc1ccc2c(c1)nc(C1=C(O)CN(c3cccc(C)c3C)C1=N)n2C. The Morgan fingerprint density at radius 3 is 2.70 bits per heavy atom. The third-order valence-electron chi connectivity index (χ3n) is 5.28. The van der Waals surface area contributed by atoms with Crippen molar-refractivity contribution in [3.63, 3.8) is 0 Å². The van der Waals surface area contributed by atoms with E-state index >= 15 is 0 Å². The number of amidine groups is 1. The van der Waals surface area contributed by atoms with Crippen LogP contribution in [0.3, 0.4) is 0 Å². The van der Waals surface area contributed by atoms with Gasteiger partial charge < -0.3 is 19.3 Å². The van der Waals surface area contributed by atoms with Crippen molar-refractivity contribution in [3.8, 4) is 5.75 Å². The van der Waals surface area contributed by atoms with E-state index in [-0.39, 0.29) is 18.1 Å². The highest BCUT2D eigenvalue weighted by Crippen LogP contribution is 2.34. The summed E-state index contributed by atoms with van der Waals surface area (Å²) < 4.78 is 7.18. The highest BCUT2D eigenvalue weighted by atomic mass is 16.5. The molecule has 1 aliphatic heterocycles. The number of nitrogens with one attached hydrogen (secondary N) is 1. The number of aromatic nitrogens is 2. The Bertz CT molecular complexity index is 1110. The zero-order chi connectivity index (χ0) is 19.3. The molecule has 0 aliphatic carbocycles. The van der Waals surface area contributed by atoms with Crippen molar-refractivity contribution in [3.05, 3.63) is 59.1 Å². The van der Waals surface area contributed by atoms with Crippen LogP contribution in [0.4, 0.5) is 5.69 Å². The van der Waals surface area contributed by atoms with Gasteiger partial charge in [-0.25, -0.2) is 4.98 Å². The van der Waals surface area contributed by atoms with Crippen LogP contribution in [0.25, 0.3) is 16.6 Å². The molecule has 138 valence electrons. The monoisotopic (exact) mass is 362 g/mol. The smallest absolute Gasteiger partial charge is 0.148 e. The predicted octanol–water partition coefficient (Wildman–Crippen LogP) is 3.97. The lowest BCUT2D eigenvalue weighted by Gasteiger charge is -2.22. The maximum absolute atomic E-state index is 10.7. The minimum Gasteiger partial charge on any atom is -0.509 e. The molecular weight excluding hydrogens is 340 g/mol. The summed E-state index contributed by atoms with van der Waals surface area (Å²) in [6, 6.07) is 11.7. The molecule has 2 aromatic carbocycles. The largest absolute Gasteiger partial charge is 0.509 e. The second-order valence-electron chi connectivity index (χ2n) is 6.82. The molecule has 0 radical (unpaired) electrons. The van der Waals surface area contributed by atoms with Crippen LogP contribution < -0.4 is 9.64 Å². The van der Waals surface area contributed by atoms with E-state index in [1.807, 2.05) is 66.8 Å². The standard InChI is InChI=1S/C21H22N4O2/c1-12-6-5-7-16(13(12)2)25-11-18(26)19(20(25)22)21-23-15-10-14(27-4)8-9-17(15)24(21)3/h5-10,22,26H,11H2,1-4H3. The molecule has 0 saturated carbocycles. The normalized spacial score (nSPS) is 14.5.